The lowest BCUT2D eigenvalue weighted by Gasteiger charge is -2.23. The molecule has 1 N–H and O–H groups in total. The molecule has 0 saturated carbocycles. The van der Waals surface area contributed by atoms with Crippen molar-refractivity contribution in [1.82, 2.24) is 15.2 Å². The van der Waals surface area contributed by atoms with E-state index in [-0.39, 0.29) is 0 Å². The highest BCUT2D eigenvalue weighted by Gasteiger charge is 2.10. The molecule has 0 amide bonds. The van der Waals surface area contributed by atoms with Crippen molar-refractivity contribution < 1.29 is 4.74 Å². The van der Waals surface area contributed by atoms with Gasteiger partial charge in [-0.3, -0.25) is 9.88 Å². The molecule has 0 aliphatic heterocycles. The molecule has 1 aromatic heterocycles. The minimum atomic E-state index is 0.397. The van der Waals surface area contributed by atoms with Crippen molar-refractivity contribution in [1.29, 1.82) is 0 Å². The van der Waals surface area contributed by atoms with Gasteiger partial charge in [-0.15, -0.1) is 0 Å². The van der Waals surface area contributed by atoms with Crippen LogP contribution in [-0.2, 0) is 17.8 Å². The number of nitrogens with zero attached hydrogens (tertiary/aromatic N) is 2. The van der Waals surface area contributed by atoms with E-state index in [1.165, 1.54) is 0 Å². The average Bonchev–Trinajstić information content (AvgIpc) is 2.40. The Hall–Kier alpha value is -0.970. The summed E-state index contributed by atoms with van der Waals surface area (Å²) in [7, 11) is 3.84. The molecule has 0 spiro atoms. The van der Waals surface area contributed by atoms with E-state index in [1.807, 2.05) is 0 Å². The molecule has 1 rings (SSSR count). The first-order chi connectivity index (χ1) is 9.17. The van der Waals surface area contributed by atoms with Crippen LogP contribution in [0.4, 0.5) is 0 Å². The third-order valence-corrected chi connectivity index (χ3v) is 3.17. The van der Waals surface area contributed by atoms with Gasteiger partial charge in [0.15, 0.2) is 0 Å². The van der Waals surface area contributed by atoms with E-state index in [0.29, 0.717) is 6.04 Å². The summed E-state index contributed by atoms with van der Waals surface area (Å²) in [4.78, 5) is 6.94. The Morgan fingerprint density at radius 3 is 2.79 bits per heavy atom. The summed E-state index contributed by atoms with van der Waals surface area (Å²) in [6, 6.07) is 6.64. The summed E-state index contributed by atoms with van der Waals surface area (Å²) in [6.45, 7) is 7.81. The zero-order chi connectivity index (χ0) is 14.1. The SMILES string of the molecule is CCCNCc1cccc(CN(C)C(C)COC)n1. The van der Waals surface area contributed by atoms with Crippen LogP contribution in [0.5, 0.6) is 0 Å². The minimum Gasteiger partial charge on any atom is -0.383 e. The van der Waals surface area contributed by atoms with Gasteiger partial charge in [0, 0.05) is 26.2 Å². The van der Waals surface area contributed by atoms with Crippen molar-refractivity contribution >= 4 is 0 Å². The fourth-order valence-electron chi connectivity index (χ4n) is 1.89. The summed E-state index contributed by atoms with van der Waals surface area (Å²) in [6.07, 6.45) is 1.15. The molecule has 1 aromatic rings. The number of nitrogens with one attached hydrogen (secondary N) is 1. The van der Waals surface area contributed by atoms with Crippen LogP contribution in [0.2, 0.25) is 0 Å². The molecule has 1 heterocycles. The number of hydrogen-bond donors (Lipinski definition) is 1. The third kappa shape index (κ3) is 6.14. The number of hydrogen-bond acceptors (Lipinski definition) is 4. The maximum absolute atomic E-state index is 5.18. The summed E-state index contributed by atoms with van der Waals surface area (Å²) in [5, 5.41) is 3.38. The van der Waals surface area contributed by atoms with Crippen LogP contribution in [0.1, 0.15) is 31.7 Å². The van der Waals surface area contributed by atoms with E-state index < -0.39 is 0 Å². The zero-order valence-corrected chi connectivity index (χ0v) is 12.6. The van der Waals surface area contributed by atoms with Crippen LogP contribution in [0.3, 0.4) is 0 Å². The molecule has 4 heteroatoms. The van der Waals surface area contributed by atoms with Crippen molar-refractivity contribution in [2.24, 2.45) is 0 Å². The lowest BCUT2D eigenvalue weighted by atomic mass is 10.2. The van der Waals surface area contributed by atoms with Gasteiger partial charge in [-0.1, -0.05) is 13.0 Å². The van der Waals surface area contributed by atoms with Gasteiger partial charge < -0.3 is 10.1 Å². The first-order valence-electron chi connectivity index (χ1n) is 7.02. The van der Waals surface area contributed by atoms with Gasteiger partial charge in [-0.05, 0) is 39.1 Å². The molecule has 19 heavy (non-hydrogen) atoms. The maximum atomic E-state index is 5.18. The molecule has 0 aromatic carbocycles. The van der Waals surface area contributed by atoms with E-state index in [4.69, 9.17) is 4.74 Å². The van der Waals surface area contributed by atoms with Gasteiger partial charge in [0.1, 0.15) is 0 Å². The smallest absolute Gasteiger partial charge is 0.0615 e. The Bertz CT molecular complexity index is 357. The van der Waals surface area contributed by atoms with Crippen LogP contribution in [0.15, 0.2) is 18.2 Å². The standard InChI is InChI=1S/C15H27N3O/c1-5-9-16-10-14-7-6-8-15(17-14)11-18(3)13(2)12-19-4/h6-8,13,16H,5,9-12H2,1-4H3. The van der Waals surface area contributed by atoms with Crippen LogP contribution < -0.4 is 5.32 Å². The molecule has 0 saturated heterocycles. The summed E-state index contributed by atoms with van der Waals surface area (Å²) < 4.78 is 5.18. The number of aromatic nitrogens is 1. The lowest BCUT2D eigenvalue weighted by molar-refractivity contribution is 0.111. The van der Waals surface area contributed by atoms with Gasteiger partial charge in [0.2, 0.25) is 0 Å². The first kappa shape index (κ1) is 16.1. The highest BCUT2D eigenvalue weighted by molar-refractivity contribution is 5.11. The van der Waals surface area contributed by atoms with Gasteiger partial charge >= 0.3 is 0 Å². The normalized spacial score (nSPS) is 12.9. The minimum absolute atomic E-state index is 0.397. The second-order valence-corrected chi connectivity index (χ2v) is 5.02. The number of likely N-dealkylation sites (N-methyl/N-ethyl adjacent to an activating group) is 1. The molecule has 0 radical (unpaired) electrons. The van der Waals surface area contributed by atoms with E-state index in [0.717, 1.165) is 44.0 Å². The first-order valence-corrected chi connectivity index (χ1v) is 7.02. The highest BCUT2D eigenvalue weighted by Crippen LogP contribution is 2.06. The number of rotatable bonds is 9. The second kappa shape index (κ2) is 9.02. The Balaban J connectivity index is 2.51. The van der Waals surface area contributed by atoms with Crippen LogP contribution in [0.25, 0.3) is 0 Å². The van der Waals surface area contributed by atoms with E-state index >= 15 is 0 Å². The molecule has 0 aliphatic carbocycles. The van der Waals surface area contributed by atoms with E-state index in [2.05, 4.69) is 54.3 Å². The fraction of sp³-hybridized carbons (Fsp3) is 0.667. The predicted molar refractivity (Wildman–Crippen MR) is 79.0 cm³/mol. The fourth-order valence-corrected chi connectivity index (χ4v) is 1.89. The monoisotopic (exact) mass is 265 g/mol. The molecule has 108 valence electrons. The second-order valence-electron chi connectivity index (χ2n) is 5.02. The molecule has 0 bridgehead atoms. The van der Waals surface area contributed by atoms with Crippen molar-refractivity contribution in [2.75, 3.05) is 27.3 Å². The topological polar surface area (TPSA) is 37.4 Å². The maximum Gasteiger partial charge on any atom is 0.0615 e. The van der Waals surface area contributed by atoms with Crippen LogP contribution >= 0.6 is 0 Å². The van der Waals surface area contributed by atoms with Gasteiger partial charge in [0.05, 0.1) is 18.0 Å². The Morgan fingerprint density at radius 1 is 1.37 bits per heavy atom. The van der Waals surface area contributed by atoms with E-state index in [9.17, 15) is 0 Å². The Labute approximate surface area is 117 Å². The Morgan fingerprint density at radius 2 is 2.11 bits per heavy atom. The van der Waals surface area contributed by atoms with E-state index in [1.54, 1.807) is 7.11 Å². The number of pyridine rings is 1. The van der Waals surface area contributed by atoms with Gasteiger partial charge in [-0.25, -0.2) is 0 Å². The molecular formula is C15H27N3O. The zero-order valence-electron chi connectivity index (χ0n) is 12.6. The largest absolute Gasteiger partial charge is 0.383 e. The third-order valence-electron chi connectivity index (χ3n) is 3.17. The van der Waals surface area contributed by atoms with Crippen LogP contribution in [0, 0.1) is 0 Å². The molecular weight excluding hydrogens is 238 g/mol. The predicted octanol–water partition coefficient (Wildman–Crippen LogP) is 2.05. The van der Waals surface area contributed by atoms with Crippen molar-refractivity contribution in [3.63, 3.8) is 0 Å². The van der Waals surface area contributed by atoms with Gasteiger partial charge in [-0.2, -0.15) is 0 Å². The molecule has 0 aliphatic rings. The van der Waals surface area contributed by atoms with Crippen LogP contribution in [-0.4, -0.2) is 43.2 Å². The summed E-state index contributed by atoms with van der Waals surface area (Å²) in [5.41, 5.74) is 2.22. The number of methoxy groups -OCH3 is 1. The molecule has 1 atom stereocenters. The summed E-state index contributed by atoms with van der Waals surface area (Å²) >= 11 is 0. The number of ether oxygens (including phenoxy) is 1. The average molecular weight is 265 g/mol. The lowest BCUT2D eigenvalue weighted by Crippen LogP contribution is -2.32. The van der Waals surface area contributed by atoms with Gasteiger partial charge in [0.25, 0.3) is 0 Å². The molecule has 0 fully saturated rings. The molecule has 4 nitrogen and oxygen atoms in total. The van der Waals surface area contributed by atoms with Crippen molar-refractivity contribution in [3.05, 3.63) is 29.6 Å². The molecule has 1 unspecified atom stereocenters. The summed E-state index contributed by atoms with van der Waals surface area (Å²) in [5.74, 6) is 0. The highest BCUT2D eigenvalue weighted by atomic mass is 16.5. The van der Waals surface area contributed by atoms with Crippen molar-refractivity contribution in [3.8, 4) is 0 Å². The quantitative estimate of drug-likeness (QED) is 0.693. The Kier molecular flexibility index (Phi) is 7.63. The van der Waals surface area contributed by atoms with Crippen molar-refractivity contribution in [2.45, 2.75) is 39.4 Å².